The summed E-state index contributed by atoms with van der Waals surface area (Å²) in [6, 6.07) is 1.77. The molecule has 5 rings (SSSR count). The Balaban J connectivity index is 1.36. The molecule has 0 unspecified atom stereocenters. The van der Waals surface area contributed by atoms with E-state index in [1.54, 1.807) is 10.6 Å². The molecule has 5 heterocycles. The Morgan fingerprint density at radius 1 is 1.14 bits per heavy atom. The lowest BCUT2D eigenvalue weighted by Gasteiger charge is -2.30. The fraction of sp³-hybridized carbons (Fsp3) is 0.591. The van der Waals surface area contributed by atoms with Gasteiger partial charge in [0.05, 0.1) is 12.0 Å². The molecule has 4 N–H and O–H groups in total. The van der Waals surface area contributed by atoms with Crippen molar-refractivity contribution in [3.8, 4) is 0 Å². The van der Waals surface area contributed by atoms with Gasteiger partial charge in [-0.2, -0.15) is 0 Å². The highest BCUT2D eigenvalue weighted by Crippen LogP contribution is 2.41. The third-order valence-corrected chi connectivity index (χ3v) is 6.55. The molecule has 0 bridgehead atoms. The number of aliphatic hydroxyl groups is 2. The van der Waals surface area contributed by atoms with Crippen molar-refractivity contribution >= 4 is 23.1 Å². The number of rotatable bonds is 4. The number of anilines is 1. The summed E-state index contributed by atoms with van der Waals surface area (Å²) in [6.45, 7) is 6.87. The molecule has 4 atom stereocenters. The Kier molecular flexibility index (Phi) is 5.85. The van der Waals surface area contributed by atoms with E-state index in [4.69, 9.17) is 14.4 Å². The highest BCUT2D eigenvalue weighted by atomic mass is 16.6. The first kappa shape index (κ1) is 23.5. The Morgan fingerprint density at radius 3 is 2.54 bits per heavy atom. The molecule has 35 heavy (non-hydrogen) atoms. The van der Waals surface area contributed by atoms with Crippen LogP contribution in [0, 0.1) is 0 Å². The molecule has 2 aliphatic heterocycles. The van der Waals surface area contributed by atoms with E-state index in [1.165, 1.54) is 17.6 Å². The number of amides is 1. The summed E-state index contributed by atoms with van der Waals surface area (Å²) in [7, 11) is 0. The zero-order chi connectivity index (χ0) is 24.9. The van der Waals surface area contributed by atoms with Crippen LogP contribution in [0.5, 0.6) is 0 Å². The lowest BCUT2D eigenvalue weighted by molar-refractivity contribution is -0.0434. The van der Waals surface area contributed by atoms with Gasteiger partial charge in [-0.05, 0) is 12.8 Å². The fourth-order valence-electron chi connectivity index (χ4n) is 4.45. The van der Waals surface area contributed by atoms with Gasteiger partial charge in [-0.3, -0.25) is 4.57 Å². The molecule has 3 aromatic heterocycles. The maximum Gasteiger partial charge on any atom is 0.407 e. The minimum atomic E-state index is -1.26. The van der Waals surface area contributed by atoms with E-state index in [0.29, 0.717) is 54.4 Å². The van der Waals surface area contributed by atoms with Crippen molar-refractivity contribution < 1.29 is 29.4 Å². The standard InChI is InChI=1S/C22H29N7O6/c1-22(2,3)13-8-12(35-27-13)17-15(30)16(31)20(34-17)29-10-25-14-18(23-9-24-19(14)29)26-11-4-6-28(7-5-11)21(32)33/h8-11,15-17,20,30-31H,4-7H2,1-3H3,(H,32,33)(H,23,24,26)/t15-,16+,17+,20+/m0/s1. The van der Waals surface area contributed by atoms with E-state index < -0.39 is 30.6 Å². The van der Waals surface area contributed by atoms with Gasteiger partial charge in [0.1, 0.15) is 24.6 Å². The first-order valence-corrected chi connectivity index (χ1v) is 11.5. The molecule has 188 valence electrons. The fourth-order valence-corrected chi connectivity index (χ4v) is 4.45. The maximum absolute atomic E-state index is 11.1. The van der Waals surface area contributed by atoms with Gasteiger partial charge in [0, 0.05) is 30.6 Å². The van der Waals surface area contributed by atoms with E-state index in [2.05, 4.69) is 25.4 Å². The number of hydrogen-bond acceptors (Lipinski definition) is 10. The summed E-state index contributed by atoms with van der Waals surface area (Å²) < 4.78 is 13.0. The summed E-state index contributed by atoms with van der Waals surface area (Å²) in [5.41, 5.74) is 1.38. The number of aromatic nitrogens is 5. The quantitative estimate of drug-likeness (QED) is 0.421. The molecule has 2 fully saturated rings. The number of ether oxygens (including phenoxy) is 1. The number of carbonyl (C=O) groups is 1. The van der Waals surface area contributed by atoms with Crippen molar-refractivity contribution in [2.75, 3.05) is 18.4 Å². The SMILES string of the molecule is CC(C)(C)c1cc([C@H]2O[C@@H](n3cnc4c(NC5CCN(C(=O)O)CC5)ncnc43)[C@H](O)[C@@H]2O)on1. The average molecular weight is 488 g/mol. The van der Waals surface area contributed by atoms with Crippen LogP contribution in [0.25, 0.3) is 11.2 Å². The number of carboxylic acid groups (broad SMARTS) is 1. The predicted octanol–water partition coefficient (Wildman–Crippen LogP) is 1.66. The third-order valence-electron chi connectivity index (χ3n) is 6.55. The molecule has 2 saturated heterocycles. The monoisotopic (exact) mass is 487 g/mol. The maximum atomic E-state index is 11.1. The van der Waals surface area contributed by atoms with Gasteiger partial charge in [-0.15, -0.1) is 0 Å². The summed E-state index contributed by atoms with van der Waals surface area (Å²) in [5, 5.41) is 38.1. The van der Waals surface area contributed by atoms with Crippen LogP contribution in [0.2, 0.25) is 0 Å². The number of nitrogens with one attached hydrogen (secondary N) is 1. The summed E-state index contributed by atoms with van der Waals surface area (Å²) >= 11 is 0. The smallest absolute Gasteiger partial charge is 0.407 e. The summed E-state index contributed by atoms with van der Waals surface area (Å²) in [4.78, 5) is 25.6. The van der Waals surface area contributed by atoms with Gasteiger partial charge in [-0.1, -0.05) is 25.9 Å². The van der Waals surface area contributed by atoms with Crippen molar-refractivity contribution in [1.82, 2.24) is 29.6 Å². The van der Waals surface area contributed by atoms with Crippen LogP contribution < -0.4 is 5.32 Å². The lowest BCUT2D eigenvalue weighted by atomic mass is 9.92. The molecule has 3 aromatic rings. The van der Waals surface area contributed by atoms with Crippen LogP contribution >= 0.6 is 0 Å². The number of aliphatic hydroxyl groups excluding tert-OH is 2. The third kappa shape index (κ3) is 4.30. The van der Waals surface area contributed by atoms with Crippen molar-refractivity contribution in [3.05, 3.63) is 30.2 Å². The van der Waals surface area contributed by atoms with E-state index in [9.17, 15) is 15.0 Å². The first-order chi connectivity index (χ1) is 16.6. The van der Waals surface area contributed by atoms with Crippen molar-refractivity contribution in [2.24, 2.45) is 0 Å². The molecule has 0 saturated carbocycles. The lowest BCUT2D eigenvalue weighted by Crippen LogP contribution is -2.41. The predicted molar refractivity (Wildman–Crippen MR) is 122 cm³/mol. The van der Waals surface area contributed by atoms with Gasteiger partial charge in [0.25, 0.3) is 0 Å². The molecular weight excluding hydrogens is 458 g/mol. The van der Waals surface area contributed by atoms with E-state index in [-0.39, 0.29) is 11.5 Å². The molecule has 1 amide bonds. The molecule has 13 nitrogen and oxygen atoms in total. The molecule has 13 heteroatoms. The molecule has 0 aliphatic carbocycles. The molecule has 0 radical (unpaired) electrons. The summed E-state index contributed by atoms with van der Waals surface area (Å²) in [5.74, 6) is 0.843. The minimum absolute atomic E-state index is 0.0387. The van der Waals surface area contributed by atoms with Gasteiger partial charge < -0.3 is 34.8 Å². The van der Waals surface area contributed by atoms with Crippen LogP contribution in [0.4, 0.5) is 10.6 Å². The largest absolute Gasteiger partial charge is 0.465 e. The van der Waals surface area contributed by atoms with Gasteiger partial charge in [-0.25, -0.2) is 19.7 Å². The topological polar surface area (TPSA) is 172 Å². The van der Waals surface area contributed by atoms with Gasteiger partial charge in [0.2, 0.25) is 0 Å². The van der Waals surface area contributed by atoms with Crippen LogP contribution in [-0.4, -0.2) is 82.3 Å². The van der Waals surface area contributed by atoms with Crippen LogP contribution in [0.15, 0.2) is 23.2 Å². The Morgan fingerprint density at radius 2 is 1.89 bits per heavy atom. The molecule has 0 spiro atoms. The minimum Gasteiger partial charge on any atom is -0.465 e. The number of nitrogens with zero attached hydrogens (tertiary/aromatic N) is 6. The Bertz CT molecular complexity index is 1210. The zero-order valence-corrected chi connectivity index (χ0v) is 19.7. The number of piperidine rings is 1. The Labute approximate surface area is 200 Å². The first-order valence-electron chi connectivity index (χ1n) is 11.5. The number of likely N-dealkylation sites (tertiary alicyclic amines) is 1. The van der Waals surface area contributed by atoms with Crippen molar-refractivity contribution in [1.29, 1.82) is 0 Å². The van der Waals surface area contributed by atoms with Crippen LogP contribution in [-0.2, 0) is 10.2 Å². The van der Waals surface area contributed by atoms with E-state index in [1.807, 2.05) is 20.8 Å². The highest BCUT2D eigenvalue weighted by Gasteiger charge is 2.47. The number of hydrogen-bond donors (Lipinski definition) is 4. The second kappa shape index (κ2) is 8.73. The van der Waals surface area contributed by atoms with E-state index >= 15 is 0 Å². The normalized spacial score (nSPS) is 25.9. The van der Waals surface area contributed by atoms with Gasteiger partial charge in [0.15, 0.2) is 29.0 Å². The Hall–Kier alpha value is -3.29. The molecule has 0 aromatic carbocycles. The van der Waals surface area contributed by atoms with E-state index in [0.717, 1.165) is 0 Å². The molecular formula is C22H29N7O6. The average Bonchev–Trinajstić information content (AvgIpc) is 3.53. The van der Waals surface area contributed by atoms with Crippen LogP contribution in [0.1, 0.15) is 57.4 Å². The zero-order valence-electron chi connectivity index (χ0n) is 19.7. The second-order valence-electron chi connectivity index (χ2n) is 10.0. The highest BCUT2D eigenvalue weighted by molar-refractivity contribution is 5.82. The van der Waals surface area contributed by atoms with Gasteiger partial charge >= 0.3 is 6.09 Å². The summed E-state index contributed by atoms with van der Waals surface area (Å²) in [6.07, 6.45) is -1.11. The second-order valence-corrected chi connectivity index (χ2v) is 10.0. The van der Waals surface area contributed by atoms with Crippen molar-refractivity contribution in [2.45, 2.75) is 69.6 Å². The number of imidazole rings is 1. The van der Waals surface area contributed by atoms with Crippen LogP contribution in [0.3, 0.4) is 0 Å². The number of fused-ring (bicyclic) bond motifs is 1. The van der Waals surface area contributed by atoms with Crippen molar-refractivity contribution in [3.63, 3.8) is 0 Å². The molecule has 2 aliphatic rings.